The smallest absolute Gasteiger partial charge is 0.263 e. The van der Waals surface area contributed by atoms with Crippen molar-refractivity contribution in [3.8, 4) is 0 Å². The number of fused-ring (bicyclic) bond motifs is 1. The zero-order valence-electron chi connectivity index (χ0n) is 24.6. The summed E-state index contributed by atoms with van der Waals surface area (Å²) in [5.74, 6) is 0.254. The zero-order valence-corrected chi connectivity index (χ0v) is 26.2. The summed E-state index contributed by atoms with van der Waals surface area (Å²) < 4.78 is 30.0. The number of thiazole rings is 1. The van der Waals surface area contributed by atoms with E-state index in [1.165, 1.54) is 23.5 Å². The number of carbonyl (C=O) groups is 1. The van der Waals surface area contributed by atoms with Crippen molar-refractivity contribution < 1.29 is 18.3 Å². The largest absolute Gasteiger partial charge is 0.395 e. The van der Waals surface area contributed by atoms with E-state index >= 15 is 0 Å². The van der Waals surface area contributed by atoms with Crippen molar-refractivity contribution >= 4 is 65.5 Å². The fourth-order valence-electron chi connectivity index (χ4n) is 5.14. The van der Waals surface area contributed by atoms with Gasteiger partial charge in [0.05, 0.1) is 33.0 Å². The Kier molecular flexibility index (Phi) is 8.94. The third-order valence-corrected chi connectivity index (χ3v) is 10.1. The Hall–Kier alpha value is -4.56. The Morgan fingerprint density at radius 3 is 2.42 bits per heavy atom. The summed E-state index contributed by atoms with van der Waals surface area (Å²) in [6.45, 7) is 5.22. The number of aromatic nitrogens is 2. The minimum atomic E-state index is -3.92. The number of nitrogens with one attached hydrogen (secondary N) is 3. The van der Waals surface area contributed by atoms with Gasteiger partial charge in [0.15, 0.2) is 5.13 Å². The standard InChI is InChI=1S/C32H33N7O4S2/c1-22-6-2-3-8-26(22)35-27-9-4-10-28-29(27)44-32(36-28)37-45(42,43)24-13-11-23(12-14-24)34-30-25(7-5-15-33-30)31(41)39-18-16-38(17-19-39)20-21-40/h2-15,35,40H,16-21H2,1H3,(H,33,34)(H,36,37). The van der Waals surface area contributed by atoms with Gasteiger partial charge in [-0.3, -0.25) is 14.4 Å². The van der Waals surface area contributed by atoms with Crippen LogP contribution in [0.2, 0.25) is 0 Å². The lowest BCUT2D eigenvalue weighted by Crippen LogP contribution is -2.49. The molecular formula is C32H33N7O4S2. The Balaban J connectivity index is 1.15. The number of amides is 1. The topological polar surface area (TPSA) is 140 Å². The van der Waals surface area contributed by atoms with E-state index in [0.29, 0.717) is 55.3 Å². The molecule has 1 saturated heterocycles. The molecule has 3 heterocycles. The molecule has 0 bridgehead atoms. The highest BCUT2D eigenvalue weighted by Crippen LogP contribution is 2.35. The van der Waals surface area contributed by atoms with Crippen molar-refractivity contribution in [3.63, 3.8) is 0 Å². The van der Waals surface area contributed by atoms with Gasteiger partial charge < -0.3 is 20.6 Å². The first-order valence-corrected chi connectivity index (χ1v) is 16.8. The predicted octanol–water partition coefficient (Wildman–Crippen LogP) is 5.04. The zero-order chi connectivity index (χ0) is 31.4. The molecular weight excluding hydrogens is 611 g/mol. The van der Waals surface area contributed by atoms with Gasteiger partial charge in [-0.1, -0.05) is 35.6 Å². The van der Waals surface area contributed by atoms with Crippen molar-refractivity contribution in [2.24, 2.45) is 0 Å². The van der Waals surface area contributed by atoms with E-state index < -0.39 is 10.0 Å². The molecule has 0 radical (unpaired) electrons. The maximum Gasteiger partial charge on any atom is 0.263 e. The molecule has 0 saturated carbocycles. The average molecular weight is 644 g/mol. The van der Waals surface area contributed by atoms with E-state index in [9.17, 15) is 18.3 Å². The van der Waals surface area contributed by atoms with E-state index in [-0.39, 0.29) is 22.5 Å². The van der Waals surface area contributed by atoms with Crippen molar-refractivity contribution in [1.29, 1.82) is 0 Å². The molecule has 232 valence electrons. The molecule has 6 rings (SSSR count). The van der Waals surface area contributed by atoms with Crippen LogP contribution in [-0.2, 0) is 10.0 Å². The summed E-state index contributed by atoms with van der Waals surface area (Å²) in [6, 6.07) is 23.3. The second-order valence-corrected chi connectivity index (χ2v) is 13.3. The minimum absolute atomic E-state index is 0.0728. The number of β-amino-alcohol motifs (C(OH)–C–C–N with tert-alkyl or cyclic N) is 1. The normalized spacial score (nSPS) is 14.0. The number of anilines is 5. The van der Waals surface area contributed by atoms with Gasteiger partial charge in [-0.05, 0) is 67.1 Å². The number of hydrogen-bond donors (Lipinski definition) is 4. The molecule has 1 fully saturated rings. The van der Waals surface area contributed by atoms with Crippen LogP contribution in [0.15, 0.2) is 90.0 Å². The number of pyridine rings is 1. The van der Waals surface area contributed by atoms with Gasteiger partial charge in [0, 0.05) is 50.3 Å². The van der Waals surface area contributed by atoms with Gasteiger partial charge >= 0.3 is 0 Å². The molecule has 0 unspecified atom stereocenters. The average Bonchev–Trinajstić information content (AvgIpc) is 3.46. The molecule has 13 heteroatoms. The Morgan fingerprint density at radius 1 is 0.911 bits per heavy atom. The molecule has 1 aliphatic rings. The van der Waals surface area contributed by atoms with Gasteiger partial charge in [-0.15, -0.1) is 0 Å². The van der Waals surface area contributed by atoms with Crippen LogP contribution in [0.3, 0.4) is 0 Å². The highest BCUT2D eigenvalue weighted by atomic mass is 32.2. The van der Waals surface area contributed by atoms with E-state index in [0.717, 1.165) is 21.6 Å². The second kappa shape index (κ2) is 13.2. The quantitative estimate of drug-likeness (QED) is 0.165. The molecule has 3 aromatic carbocycles. The lowest BCUT2D eigenvalue weighted by molar-refractivity contribution is 0.0615. The van der Waals surface area contributed by atoms with Crippen LogP contribution >= 0.6 is 11.3 Å². The van der Waals surface area contributed by atoms with E-state index in [4.69, 9.17) is 0 Å². The third kappa shape index (κ3) is 6.91. The van der Waals surface area contributed by atoms with Gasteiger partial charge in [-0.2, -0.15) is 0 Å². The van der Waals surface area contributed by atoms with Crippen LogP contribution in [0, 0.1) is 6.92 Å². The second-order valence-electron chi connectivity index (χ2n) is 10.6. The third-order valence-electron chi connectivity index (χ3n) is 7.59. The predicted molar refractivity (Wildman–Crippen MR) is 178 cm³/mol. The molecule has 4 N–H and O–H groups in total. The monoisotopic (exact) mass is 643 g/mol. The summed E-state index contributed by atoms with van der Waals surface area (Å²) in [6.07, 6.45) is 1.60. The number of nitrogens with zero attached hydrogens (tertiary/aromatic N) is 4. The van der Waals surface area contributed by atoms with E-state index in [1.807, 2.05) is 49.4 Å². The first-order valence-electron chi connectivity index (χ1n) is 14.5. The fourth-order valence-corrected chi connectivity index (χ4v) is 7.31. The van der Waals surface area contributed by atoms with Crippen molar-refractivity contribution in [2.45, 2.75) is 11.8 Å². The molecule has 11 nitrogen and oxygen atoms in total. The van der Waals surface area contributed by atoms with Crippen LogP contribution in [0.1, 0.15) is 15.9 Å². The molecule has 45 heavy (non-hydrogen) atoms. The number of hydrogen-bond acceptors (Lipinski definition) is 10. The Labute approximate surface area is 265 Å². The van der Waals surface area contributed by atoms with Crippen LogP contribution in [0.5, 0.6) is 0 Å². The van der Waals surface area contributed by atoms with Gasteiger partial charge in [0.25, 0.3) is 15.9 Å². The van der Waals surface area contributed by atoms with E-state index in [2.05, 4.69) is 30.2 Å². The molecule has 0 spiro atoms. The highest BCUT2D eigenvalue weighted by Gasteiger charge is 2.24. The van der Waals surface area contributed by atoms with Crippen molar-refractivity contribution in [1.82, 2.24) is 19.8 Å². The maximum atomic E-state index is 13.3. The minimum Gasteiger partial charge on any atom is -0.395 e. The molecule has 1 aliphatic heterocycles. The number of rotatable bonds is 10. The maximum absolute atomic E-state index is 13.3. The molecule has 2 aromatic heterocycles. The summed E-state index contributed by atoms with van der Waals surface area (Å²) >= 11 is 1.26. The molecule has 5 aromatic rings. The number of piperazine rings is 1. The highest BCUT2D eigenvalue weighted by molar-refractivity contribution is 7.93. The number of aryl methyl sites for hydroxylation is 1. The molecule has 1 amide bonds. The summed E-state index contributed by atoms with van der Waals surface area (Å²) in [5.41, 5.74) is 4.60. The lowest BCUT2D eigenvalue weighted by atomic mass is 10.2. The van der Waals surface area contributed by atoms with Crippen LogP contribution in [-0.4, -0.2) is 78.5 Å². The Morgan fingerprint density at radius 2 is 1.67 bits per heavy atom. The first-order chi connectivity index (χ1) is 21.8. The lowest BCUT2D eigenvalue weighted by Gasteiger charge is -2.34. The molecule has 0 atom stereocenters. The van der Waals surface area contributed by atoms with Gasteiger partial charge in [0.2, 0.25) is 0 Å². The number of sulfonamides is 1. The number of aliphatic hydroxyl groups excluding tert-OH is 1. The molecule has 0 aliphatic carbocycles. The summed E-state index contributed by atoms with van der Waals surface area (Å²) in [4.78, 5) is 26.2. The van der Waals surface area contributed by atoms with Crippen LogP contribution in [0.4, 0.5) is 28.0 Å². The van der Waals surface area contributed by atoms with Crippen LogP contribution < -0.4 is 15.4 Å². The number of carbonyl (C=O) groups excluding carboxylic acids is 1. The van der Waals surface area contributed by atoms with Crippen molar-refractivity contribution in [2.75, 3.05) is 54.7 Å². The first kappa shape index (κ1) is 30.5. The SMILES string of the molecule is Cc1ccccc1Nc1cccc2nc(NS(=O)(=O)c3ccc(Nc4ncccc4C(=O)N4CCN(CCO)CC4)cc3)sc12. The van der Waals surface area contributed by atoms with Gasteiger partial charge in [0.1, 0.15) is 5.82 Å². The Bertz CT molecular complexity index is 1920. The number of aliphatic hydroxyl groups is 1. The fraction of sp³-hybridized carbons (Fsp3) is 0.219. The van der Waals surface area contributed by atoms with Crippen molar-refractivity contribution in [3.05, 3.63) is 96.2 Å². The number of benzene rings is 3. The van der Waals surface area contributed by atoms with Crippen LogP contribution in [0.25, 0.3) is 10.2 Å². The summed E-state index contributed by atoms with van der Waals surface area (Å²) in [7, 11) is -3.92. The number of para-hydroxylation sites is 1. The van der Waals surface area contributed by atoms with E-state index in [1.54, 1.807) is 35.4 Å². The van der Waals surface area contributed by atoms with Gasteiger partial charge in [-0.25, -0.2) is 18.4 Å². The summed E-state index contributed by atoms with van der Waals surface area (Å²) in [5, 5.41) is 16.0.